The van der Waals surface area contributed by atoms with Crippen molar-refractivity contribution in [2.24, 2.45) is 0 Å². The number of ether oxygens (including phenoxy) is 8. The van der Waals surface area contributed by atoms with Gasteiger partial charge in [-0.2, -0.15) is 0 Å². The average Bonchev–Trinajstić information content (AvgIpc) is 2.88. The molecule has 3 N–H and O–H groups in total. The fourth-order valence-electron chi connectivity index (χ4n) is 2.40. The van der Waals surface area contributed by atoms with Crippen LogP contribution in [0, 0.1) is 0 Å². The summed E-state index contributed by atoms with van der Waals surface area (Å²) < 4.78 is 43.4. The van der Waals surface area contributed by atoms with E-state index in [0.717, 1.165) is 0 Å². The lowest BCUT2D eigenvalue weighted by atomic mass is 10.3. The molecule has 0 saturated heterocycles. The van der Waals surface area contributed by atoms with Crippen LogP contribution in [0.3, 0.4) is 0 Å². The van der Waals surface area contributed by atoms with Crippen molar-refractivity contribution in [1.82, 2.24) is 0 Å². The van der Waals surface area contributed by atoms with Gasteiger partial charge in [0.15, 0.2) is 0 Å². The predicted octanol–water partition coefficient (Wildman–Crippen LogP) is 1.43. The molecule has 11 heteroatoms. The van der Waals surface area contributed by atoms with Gasteiger partial charge in [-0.15, -0.1) is 0 Å². The summed E-state index contributed by atoms with van der Waals surface area (Å²) in [5.74, 6) is 0. The third-order valence-corrected chi connectivity index (χ3v) is 4.62. The Labute approximate surface area is 224 Å². The van der Waals surface area contributed by atoms with Gasteiger partial charge in [0.05, 0.1) is 115 Å². The first-order valence-electron chi connectivity index (χ1n) is 13.2. The monoisotopic (exact) mass is 544 g/mol. The number of hydrogen-bond donors (Lipinski definition) is 3. The molecule has 11 nitrogen and oxygen atoms in total. The summed E-state index contributed by atoms with van der Waals surface area (Å²) in [6.07, 6.45) is -0.963. The third kappa shape index (κ3) is 30.0. The maximum Gasteiger partial charge on any atom is 0.0781 e. The fourth-order valence-corrected chi connectivity index (χ4v) is 2.40. The molecule has 226 valence electrons. The van der Waals surface area contributed by atoms with Crippen LogP contribution < -0.4 is 0 Å². The summed E-state index contributed by atoms with van der Waals surface area (Å²) >= 11 is 0. The molecule has 0 bridgehead atoms. The Balaban J connectivity index is 0. The van der Waals surface area contributed by atoms with Crippen LogP contribution in [0.15, 0.2) is 0 Å². The predicted molar refractivity (Wildman–Crippen MR) is 141 cm³/mol. The van der Waals surface area contributed by atoms with Gasteiger partial charge in [-0.1, -0.05) is 0 Å². The molecule has 0 amide bonds. The molecule has 0 aromatic rings. The lowest BCUT2D eigenvalue weighted by Crippen LogP contribution is -2.30. The molecule has 0 heterocycles. The Hall–Kier alpha value is -0.440. The Morgan fingerprint density at radius 3 is 1.14 bits per heavy atom. The number of methoxy groups -OCH3 is 1. The van der Waals surface area contributed by atoms with Crippen molar-refractivity contribution < 1.29 is 53.2 Å². The quantitative estimate of drug-likeness (QED) is 0.152. The lowest BCUT2D eigenvalue weighted by molar-refractivity contribution is -0.105. The second-order valence-corrected chi connectivity index (χ2v) is 9.22. The molecule has 0 aliphatic heterocycles. The highest BCUT2D eigenvalue weighted by molar-refractivity contribution is 4.58. The largest absolute Gasteiger partial charge is 0.394 e. The molecule has 0 spiro atoms. The summed E-state index contributed by atoms with van der Waals surface area (Å²) in [6.45, 7) is 17.5. The molecule has 37 heavy (non-hydrogen) atoms. The van der Waals surface area contributed by atoms with Gasteiger partial charge >= 0.3 is 0 Å². The lowest BCUT2D eigenvalue weighted by Gasteiger charge is -2.22. The van der Waals surface area contributed by atoms with Gasteiger partial charge in [0.25, 0.3) is 0 Å². The Morgan fingerprint density at radius 1 is 0.486 bits per heavy atom. The molecule has 7 unspecified atom stereocenters. The second kappa shape index (κ2) is 27.1. The average molecular weight is 545 g/mol. The van der Waals surface area contributed by atoms with E-state index in [1.54, 1.807) is 14.0 Å². The van der Waals surface area contributed by atoms with Crippen LogP contribution in [-0.2, 0) is 37.9 Å². The maximum absolute atomic E-state index is 9.21. The van der Waals surface area contributed by atoms with Crippen LogP contribution in [0.25, 0.3) is 0 Å². The Bertz CT molecular complexity index is 450. The standard InChI is InChI=1S/C21H44O8.C5H12O3/c1-15(23)9-24-17(3)11-26-19(5)13-28-21(7)14-29-20(6)12-27-18(4)10-25-16(2)8-22;1-7-4-5-8-3-2-6/h15-23H,8-14H2,1-7H3;6H,2-5H2,1H3. The third-order valence-electron chi connectivity index (χ3n) is 4.62. The zero-order chi connectivity index (χ0) is 28.5. The van der Waals surface area contributed by atoms with Gasteiger partial charge in [-0.25, -0.2) is 0 Å². The highest BCUT2D eigenvalue weighted by atomic mass is 16.6. The molecular formula is C26H56O11. The van der Waals surface area contributed by atoms with Crippen molar-refractivity contribution >= 4 is 0 Å². The minimum Gasteiger partial charge on any atom is -0.394 e. The summed E-state index contributed by atoms with van der Waals surface area (Å²) in [5, 5.41) is 26.3. The topological polar surface area (TPSA) is 135 Å². The normalized spacial score (nSPS) is 17.3. The highest BCUT2D eigenvalue weighted by Gasteiger charge is 2.13. The Morgan fingerprint density at radius 2 is 0.838 bits per heavy atom. The van der Waals surface area contributed by atoms with E-state index >= 15 is 0 Å². The molecule has 0 rings (SSSR count). The highest BCUT2D eigenvalue weighted by Crippen LogP contribution is 2.04. The zero-order valence-electron chi connectivity index (χ0n) is 24.4. The van der Waals surface area contributed by atoms with Crippen molar-refractivity contribution in [2.45, 2.75) is 91.2 Å². The van der Waals surface area contributed by atoms with Crippen LogP contribution in [0.2, 0.25) is 0 Å². The molecule has 0 radical (unpaired) electrons. The van der Waals surface area contributed by atoms with Crippen molar-refractivity contribution in [2.75, 3.05) is 79.8 Å². The van der Waals surface area contributed by atoms with E-state index in [2.05, 4.69) is 4.74 Å². The summed E-state index contributed by atoms with van der Waals surface area (Å²) in [5.41, 5.74) is 0. The van der Waals surface area contributed by atoms with Crippen molar-refractivity contribution in [3.05, 3.63) is 0 Å². The van der Waals surface area contributed by atoms with Crippen LogP contribution >= 0.6 is 0 Å². The van der Waals surface area contributed by atoms with Crippen LogP contribution in [0.4, 0.5) is 0 Å². The molecule has 0 saturated carbocycles. The zero-order valence-corrected chi connectivity index (χ0v) is 24.4. The van der Waals surface area contributed by atoms with Gasteiger partial charge in [-0.3, -0.25) is 0 Å². The minimum atomic E-state index is -0.474. The summed E-state index contributed by atoms with van der Waals surface area (Å²) in [4.78, 5) is 0. The first-order valence-corrected chi connectivity index (χ1v) is 13.2. The van der Waals surface area contributed by atoms with E-state index in [9.17, 15) is 5.11 Å². The number of rotatable bonds is 24. The first-order chi connectivity index (χ1) is 17.5. The smallest absolute Gasteiger partial charge is 0.0781 e. The van der Waals surface area contributed by atoms with Gasteiger partial charge in [0, 0.05) is 7.11 Å². The van der Waals surface area contributed by atoms with E-state index in [0.29, 0.717) is 59.5 Å². The van der Waals surface area contributed by atoms with Gasteiger partial charge in [0.2, 0.25) is 0 Å². The second-order valence-electron chi connectivity index (χ2n) is 9.22. The summed E-state index contributed by atoms with van der Waals surface area (Å²) in [7, 11) is 1.61. The first kappa shape index (κ1) is 38.7. The van der Waals surface area contributed by atoms with Crippen LogP contribution in [-0.4, -0.2) is 138 Å². The van der Waals surface area contributed by atoms with E-state index < -0.39 is 6.10 Å². The van der Waals surface area contributed by atoms with Crippen molar-refractivity contribution in [3.8, 4) is 0 Å². The van der Waals surface area contributed by atoms with Gasteiger partial charge in [-0.05, 0) is 48.5 Å². The molecule has 7 atom stereocenters. The van der Waals surface area contributed by atoms with Crippen molar-refractivity contribution in [3.63, 3.8) is 0 Å². The van der Waals surface area contributed by atoms with Gasteiger partial charge < -0.3 is 53.2 Å². The van der Waals surface area contributed by atoms with E-state index in [4.69, 9.17) is 43.4 Å². The molecule has 0 aromatic carbocycles. The van der Waals surface area contributed by atoms with Gasteiger partial charge in [0.1, 0.15) is 0 Å². The number of aliphatic hydroxyl groups is 3. The van der Waals surface area contributed by atoms with E-state index in [1.807, 2.05) is 41.5 Å². The fraction of sp³-hybridized carbons (Fsp3) is 1.00. The molecule has 0 aliphatic carbocycles. The van der Waals surface area contributed by atoms with E-state index in [-0.39, 0.29) is 49.8 Å². The molecule has 0 fully saturated rings. The SMILES string of the molecule is CC(O)COC(C)COC(C)COC(C)COC(C)COC(C)COC(C)CO.COCCOCCO. The number of hydrogen-bond acceptors (Lipinski definition) is 11. The summed E-state index contributed by atoms with van der Waals surface area (Å²) in [6, 6.07) is 0. The Kier molecular flexibility index (Phi) is 28.4. The maximum atomic E-state index is 9.21. The molecular weight excluding hydrogens is 488 g/mol. The molecule has 0 aromatic heterocycles. The number of aliphatic hydroxyl groups excluding tert-OH is 3. The van der Waals surface area contributed by atoms with E-state index in [1.165, 1.54) is 0 Å². The van der Waals surface area contributed by atoms with Crippen molar-refractivity contribution in [1.29, 1.82) is 0 Å². The van der Waals surface area contributed by atoms with Crippen LogP contribution in [0.1, 0.15) is 48.5 Å². The van der Waals surface area contributed by atoms with Crippen LogP contribution in [0.5, 0.6) is 0 Å². The molecule has 0 aliphatic rings. The minimum absolute atomic E-state index is 0.00355.